The van der Waals surface area contributed by atoms with Crippen molar-refractivity contribution in [3.63, 3.8) is 0 Å². The molecule has 0 spiro atoms. The molecule has 1 N–H and O–H groups in total. The van der Waals surface area contributed by atoms with Crippen molar-refractivity contribution in [3.8, 4) is 0 Å². The van der Waals surface area contributed by atoms with Crippen molar-refractivity contribution >= 4 is 45.2 Å². The Morgan fingerprint density at radius 1 is 1.20 bits per heavy atom. The van der Waals surface area contributed by atoms with Gasteiger partial charge in [-0.1, -0.05) is 34.1 Å². The van der Waals surface area contributed by atoms with Gasteiger partial charge < -0.3 is 10.2 Å². The summed E-state index contributed by atoms with van der Waals surface area (Å²) in [5.41, 5.74) is 1.71. The number of hydrogen-bond acceptors (Lipinski definition) is 3. The van der Waals surface area contributed by atoms with E-state index in [-0.39, 0.29) is 23.6 Å². The van der Waals surface area contributed by atoms with Gasteiger partial charge in [0.25, 0.3) is 0 Å². The number of aryl methyl sites for hydroxylation is 1. The molecule has 2 amide bonds. The van der Waals surface area contributed by atoms with E-state index in [1.165, 1.54) is 16.7 Å². The second-order valence-electron chi connectivity index (χ2n) is 5.77. The number of thioether (sulfide) groups is 1. The smallest absolute Gasteiger partial charge is 0.243 e. The van der Waals surface area contributed by atoms with Gasteiger partial charge >= 0.3 is 0 Å². The Hall–Kier alpha value is -1.79. The summed E-state index contributed by atoms with van der Waals surface area (Å²) in [7, 11) is 1.65. The van der Waals surface area contributed by atoms with Gasteiger partial charge in [-0.05, 0) is 49.7 Å². The second-order valence-corrected chi connectivity index (χ2v) is 8.10. The van der Waals surface area contributed by atoms with Gasteiger partial charge in [-0.3, -0.25) is 9.59 Å². The van der Waals surface area contributed by atoms with E-state index in [0.29, 0.717) is 0 Å². The standard InChI is InChI=1S/C19H21BrN2O2S/c1-13-11-15(20)9-10-17(13)21-18(23)12-22(3)19(24)14(2)25-16-7-5-4-6-8-16/h4-11,14H,12H2,1-3H3,(H,21,23). The number of halogens is 1. The van der Waals surface area contributed by atoms with Crippen LogP contribution in [0.3, 0.4) is 0 Å². The lowest BCUT2D eigenvalue weighted by atomic mass is 10.2. The van der Waals surface area contributed by atoms with E-state index < -0.39 is 0 Å². The predicted molar refractivity (Wildman–Crippen MR) is 107 cm³/mol. The van der Waals surface area contributed by atoms with Crippen molar-refractivity contribution in [1.82, 2.24) is 4.90 Å². The Morgan fingerprint density at radius 2 is 1.88 bits per heavy atom. The molecule has 4 nitrogen and oxygen atoms in total. The average molecular weight is 421 g/mol. The highest BCUT2D eigenvalue weighted by molar-refractivity contribution is 9.10. The van der Waals surface area contributed by atoms with Crippen LogP contribution in [0, 0.1) is 6.92 Å². The number of nitrogens with zero attached hydrogens (tertiary/aromatic N) is 1. The minimum atomic E-state index is -0.255. The molecule has 0 heterocycles. The van der Waals surface area contributed by atoms with E-state index in [1.807, 2.05) is 62.4 Å². The van der Waals surface area contributed by atoms with Gasteiger partial charge in [0.1, 0.15) is 0 Å². The number of anilines is 1. The average Bonchev–Trinajstić information content (AvgIpc) is 2.57. The van der Waals surface area contributed by atoms with Gasteiger partial charge in [0.2, 0.25) is 11.8 Å². The van der Waals surface area contributed by atoms with Crippen LogP contribution in [-0.4, -0.2) is 35.6 Å². The van der Waals surface area contributed by atoms with E-state index in [9.17, 15) is 9.59 Å². The largest absolute Gasteiger partial charge is 0.335 e. The predicted octanol–water partition coefficient (Wildman–Crippen LogP) is 4.34. The molecule has 0 saturated carbocycles. The SMILES string of the molecule is Cc1cc(Br)ccc1NC(=O)CN(C)C(=O)C(C)Sc1ccccc1. The van der Waals surface area contributed by atoms with Crippen LogP contribution in [0.5, 0.6) is 0 Å². The monoisotopic (exact) mass is 420 g/mol. The number of hydrogen-bond donors (Lipinski definition) is 1. The molecule has 6 heteroatoms. The number of likely N-dealkylation sites (N-methyl/N-ethyl adjacent to an activating group) is 1. The van der Waals surface area contributed by atoms with Gasteiger partial charge in [-0.15, -0.1) is 11.8 Å². The highest BCUT2D eigenvalue weighted by Crippen LogP contribution is 2.24. The van der Waals surface area contributed by atoms with Crippen LogP contribution in [-0.2, 0) is 9.59 Å². The molecule has 0 aliphatic rings. The van der Waals surface area contributed by atoms with Crippen LogP contribution in [0.2, 0.25) is 0 Å². The molecule has 0 fully saturated rings. The van der Waals surface area contributed by atoms with Crippen LogP contribution in [0.4, 0.5) is 5.69 Å². The maximum atomic E-state index is 12.5. The zero-order valence-corrected chi connectivity index (χ0v) is 16.9. The molecule has 2 aromatic carbocycles. The summed E-state index contributed by atoms with van der Waals surface area (Å²) in [5, 5.41) is 2.60. The summed E-state index contributed by atoms with van der Waals surface area (Å²) in [6.45, 7) is 3.80. The molecule has 1 unspecified atom stereocenters. The first-order valence-corrected chi connectivity index (χ1v) is 9.57. The molecule has 1 atom stereocenters. The quantitative estimate of drug-likeness (QED) is 0.707. The molecular weight excluding hydrogens is 400 g/mol. The lowest BCUT2D eigenvalue weighted by Crippen LogP contribution is -2.39. The lowest BCUT2D eigenvalue weighted by molar-refractivity contribution is -0.132. The van der Waals surface area contributed by atoms with Crippen molar-refractivity contribution in [1.29, 1.82) is 0 Å². The normalized spacial score (nSPS) is 11.7. The summed E-state index contributed by atoms with van der Waals surface area (Å²) in [5.74, 6) is -0.283. The Kier molecular flexibility index (Phi) is 7.08. The van der Waals surface area contributed by atoms with E-state index >= 15 is 0 Å². The zero-order valence-electron chi connectivity index (χ0n) is 14.5. The Labute approximate surface area is 161 Å². The fraction of sp³-hybridized carbons (Fsp3) is 0.263. The van der Waals surface area contributed by atoms with Crippen molar-refractivity contribution < 1.29 is 9.59 Å². The first-order chi connectivity index (χ1) is 11.9. The lowest BCUT2D eigenvalue weighted by Gasteiger charge is -2.21. The van der Waals surface area contributed by atoms with E-state index in [1.54, 1.807) is 7.05 Å². The van der Waals surface area contributed by atoms with Gasteiger partial charge in [0.15, 0.2) is 0 Å². The fourth-order valence-corrected chi connectivity index (χ4v) is 3.79. The maximum absolute atomic E-state index is 12.5. The Bertz CT molecular complexity index is 752. The fourth-order valence-electron chi connectivity index (χ4n) is 2.31. The van der Waals surface area contributed by atoms with Gasteiger partial charge in [0.05, 0.1) is 11.8 Å². The van der Waals surface area contributed by atoms with Crippen molar-refractivity contribution in [2.75, 3.05) is 18.9 Å². The molecule has 0 aliphatic carbocycles. The van der Waals surface area contributed by atoms with E-state index in [4.69, 9.17) is 0 Å². The molecule has 0 radical (unpaired) electrons. The molecule has 0 aliphatic heterocycles. The molecule has 0 saturated heterocycles. The van der Waals surface area contributed by atoms with E-state index in [0.717, 1.165) is 20.6 Å². The van der Waals surface area contributed by atoms with Crippen molar-refractivity contribution in [2.24, 2.45) is 0 Å². The third-order valence-corrected chi connectivity index (χ3v) is 5.22. The Morgan fingerprint density at radius 3 is 2.52 bits per heavy atom. The topological polar surface area (TPSA) is 49.4 Å². The van der Waals surface area contributed by atoms with Crippen molar-refractivity contribution in [3.05, 3.63) is 58.6 Å². The molecular formula is C19H21BrN2O2S. The molecule has 0 bridgehead atoms. The number of amides is 2. The highest BCUT2D eigenvalue weighted by Gasteiger charge is 2.20. The first kappa shape index (κ1) is 19.5. The van der Waals surface area contributed by atoms with Crippen LogP contribution in [0.15, 0.2) is 57.9 Å². The van der Waals surface area contributed by atoms with Crippen molar-refractivity contribution in [2.45, 2.75) is 24.0 Å². The summed E-state index contributed by atoms with van der Waals surface area (Å²) < 4.78 is 0.960. The van der Waals surface area contributed by atoms with E-state index in [2.05, 4.69) is 21.2 Å². The summed E-state index contributed by atoms with van der Waals surface area (Å²) in [6, 6.07) is 15.4. The maximum Gasteiger partial charge on any atom is 0.243 e. The van der Waals surface area contributed by atoms with Gasteiger partial charge in [0, 0.05) is 22.1 Å². The minimum absolute atomic E-state index is 0.0219. The van der Waals surface area contributed by atoms with Crippen LogP contribution in [0.25, 0.3) is 0 Å². The minimum Gasteiger partial charge on any atom is -0.335 e. The molecule has 0 aromatic heterocycles. The summed E-state index contributed by atoms with van der Waals surface area (Å²) >= 11 is 4.88. The summed E-state index contributed by atoms with van der Waals surface area (Å²) in [6.07, 6.45) is 0. The van der Waals surface area contributed by atoms with Crippen LogP contribution < -0.4 is 5.32 Å². The van der Waals surface area contributed by atoms with Gasteiger partial charge in [-0.25, -0.2) is 0 Å². The number of nitrogens with one attached hydrogen (secondary N) is 1. The molecule has 132 valence electrons. The molecule has 2 aromatic rings. The molecule has 25 heavy (non-hydrogen) atoms. The zero-order chi connectivity index (χ0) is 18.4. The highest BCUT2D eigenvalue weighted by atomic mass is 79.9. The van der Waals surface area contributed by atoms with Crippen LogP contribution in [0.1, 0.15) is 12.5 Å². The third kappa shape index (κ3) is 5.90. The number of rotatable bonds is 6. The number of carbonyl (C=O) groups is 2. The first-order valence-electron chi connectivity index (χ1n) is 7.89. The number of carbonyl (C=O) groups excluding carboxylic acids is 2. The summed E-state index contributed by atoms with van der Waals surface area (Å²) in [4.78, 5) is 27.2. The van der Waals surface area contributed by atoms with Crippen LogP contribution >= 0.6 is 27.7 Å². The second kappa shape index (κ2) is 9.06. The number of benzene rings is 2. The van der Waals surface area contributed by atoms with Gasteiger partial charge in [-0.2, -0.15) is 0 Å². The third-order valence-electron chi connectivity index (χ3n) is 3.62. The Balaban J connectivity index is 1.90. The molecule has 2 rings (SSSR count).